The van der Waals surface area contributed by atoms with Gasteiger partial charge in [0.05, 0.1) is 7.11 Å². The zero-order chi connectivity index (χ0) is 15.5. The summed E-state index contributed by atoms with van der Waals surface area (Å²) in [6.45, 7) is 5.05. The smallest absolute Gasteiger partial charge is 0.126 e. The normalized spacial score (nSPS) is 10.7. The monoisotopic (exact) mass is 291 g/mol. The molecule has 0 radical (unpaired) electrons. The first-order chi connectivity index (χ1) is 10.7. The van der Waals surface area contributed by atoms with E-state index in [-0.39, 0.29) is 0 Å². The van der Waals surface area contributed by atoms with Crippen LogP contribution in [0.5, 0.6) is 5.75 Å². The average Bonchev–Trinajstić information content (AvgIpc) is 2.55. The van der Waals surface area contributed by atoms with Gasteiger partial charge in [0.1, 0.15) is 5.75 Å². The third kappa shape index (κ3) is 2.77. The van der Waals surface area contributed by atoms with E-state index in [1.807, 2.05) is 12.1 Å². The zero-order valence-corrected chi connectivity index (χ0v) is 13.3. The van der Waals surface area contributed by atoms with Gasteiger partial charge in [-0.05, 0) is 48.1 Å². The number of anilines is 1. The van der Waals surface area contributed by atoms with Crippen LogP contribution in [0.4, 0.5) is 5.69 Å². The second-order valence-corrected chi connectivity index (χ2v) is 5.64. The van der Waals surface area contributed by atoms with Gasteiger partial charge in [-0.1, -0.05) is 42.5 Å². The van der Waals surface area contributed by atoms with E-state index in [0.29, 0.717) is 0 Å². The summed E-state index contributed by atoms with van der Waals surface area (Å²) >= 11 is 0. The standard InChI is InChI=1S/C20H21NO/c1-14-8-9-15(2)19(12-14)21-13-16-10-11-20(22-3)18-7-5-4-6-17(16)18/h4-12,21H,13H2,1-3H3. The van der Waals surface area contributed by atoms with Gasteiger partial charge in [0.2, 0.25) is 0 Å². The van der Waals surface area contributed by atoms with E-state index in [0.717, 1.165) is 17.7 Å². The van der Waals surface area contributed by atoms with Gasteiger partial charge in [0.25, 0.3) is 0 Å². The van der Waals surface area contributed by atoms with Gasteiger partial charge in [0, 0.05) is 17.6 Å². The van der Waals surface area contributed by atoms with Crippen molar-refractivity contribution in [3.05, 3.63) is 71.3 Å². The molecule has 3 aromatic carbocycles. The lowest BCUT2D eigenvalue weighted by Crippen LogP contribution is -2.02. The Morgan fingerprint density at radius 2 is 1.68 bits per heavy atom. The first-order valence-corrected chi connectivity index (χ1v) is 7.55. The Kier molecular flexibility index (Phi) is 4.01. The maximum absolute atomic E-state index is 5.46. The fourth-order valence-electron chi connectivity index (χ4n) is 2.78. The molecule has 0 bridgehead atoms. The molecule has 0 heterocycles. The summed E-state index contributed by atoms with van der Waals surface area (Å²) < 4.78 is 5.46. The number of methoxy groups -OCH3 is 1. The summed E-state index contributed by atoms with van der Waals surface area (Å²) in [6, 6.07) is 19.1. The fourth-order valence-corrected chi connectivity index (χ4v) is 2.78. The van der Waals surface area contributed by atoms with Crippen LogP contribution >= 0.6 is 0 Å². The van der Waals surface area contributed by atoms with Crippen molar-refractivity contribution in [1.29, 1.82) is 0 Å². The topological polar surface area (TPSA) is 21.3 Å². The van der Waals surface area contributed by atoms with Crippen molar-refractivity contribution >= 4 is 16.5 Å². The minimum atomic E-state index is 0.800. The van der Waals surface area contributed by atoms with E-state index in [1.54, 1.807) is 7.11 Å². The molecule has 0 aliphatic carbocycles. The molecule has 22 heavy (non-hydrogen) atoms. The van der Waals surface area contributed by atoms with E-state index in [2.05, 4.69) is 61.6 Å². The summed E-state index contributed by atoms with van der Waals surface area (Å²) in [6.07, 6.45) is 0. The molecule has 0 spiro atoms. The summed E-state index contributed by atoms with van der Waals surface area (Å²) in [5.41, 5.74) is 5.01. The van der Waals surface area contributed by atoms with Gasteiger partial charge in [-0.2, -0.15) is 0 Å². The van der Waals surface area contributed by atoms with Crippen LogP contribution in [0.15, 0.2) is 54.6 Å². The quantitative estimate of drug-likeness (QED) is 0.724. The van der Waals surface area contributed by atoms with Crippen LogP contribution < -0.4 is 10.1 Å². The summed E-state index contributed by atoms with van der Waals surface area (Å²) in [4.78, 5) is 0. The maximum atomic E-state index is 5.46. The molecule has 2 nitrogen and oxygen atoms in total. The van der Waals surface area contributed by atoms with Crippen LogP contribution in [0.3, 0.4) is 0 Å². The molecule has 0 aliphatic rings. The van der Waals surface area contributed by atoms with Crippen LogP contribution in [-0.4, -0.2) is 7.11 Å². The van der Waals surface area contributed by atoms with Crippen molar-refractivity contribution in [2.75, 3.05) is 12.4 Å². The molecule has 0 aliphatic heterocycles. The summed E-state index contributed by atoms with van der Waals surface area (Å²) in [5.74, 6) is 0.922. The lowest BCUT2D eigenvalue weighted by Gasteiger charge is -2.14. The number of hydrogen-bond acceptors (Lipinski definition) is 2. The lowest BCUT2D eigenvalue weighted by atomic mass is 10.0. The van der Waals surface area contributed by atoms with Crippen LogP contribution in [0, 0.1) is 13.8 Å². The Labute approximate surface area is 131 Å². The van der Waals surface area contributed by atoms with Crippen LogP contribution in [0.2, 0.25) is 0 Å². The van der Waals surface area contributed by atoms with Gasteiger partial charge in [0.15, 0.2) is 0 Å². The summed E-state index contributed by atoms with van der Waals surface area (Å²) in [7, 11) is 1.72. The third-order valence-corrected chi connectivity index (χ3v) is 4.06. The van der Waals surface area contributed by atoms with E-state index in [9.17, 15) is 0 Å². The molecule has 1 N–H and O–H groups in total. The number of fused-ring (bicyclic) bond motifs is 1. The molecular weight excluding hydrogens is 270 g/mol. The molecule has 112 valence electrons. The van der Waals surface area contributed by atoms with E-state index < -0.39 is 0 Å². The Hall–Kier alpha value is -2.48. The van der Waals surface area contributed by atoms with Gasteiger partial charge in [-0.15, -0.1) is 0 Å². The van der Waals surface area contributed by atoms with Crippen LogP contribution in [-0.2, 0) is 6.54 Å². The highest BCUT2D eigenvalue weighted by Gasteiger charge is 2.06. The SMILES string of the molecule is COc1ccc(CNc2cc(C)ccc2C)c2ccccc12. The number of hydrogen-bond donors (Lipinski definition) is 1. The first kappa shape index (κ1) is 14.5. The molecule has 0 unspecified atom stereocenters. The number of aryl methyl sites for hydroxylation is 2. The minimum Gasteiger partial charge on any atom is -0.496 e. The highest BCUT2D eigenvalue weighted by atomic mass is 16.5. The molecule has 0 fully saturated rings. The van der Waals surface area contributed by atoms with Crippen molar-refractivity contribution in [3.8, 4) is 5.75 Å². The second kappa shape index (κ2) is 6.10. The Morgan fingerprint density at radius 1 is 0.909 bits per heavy atom. The van der Waals surface area contributed by atoms with E-state index in [4.69, 9.17) is 4.74 Å². The minimum absolute atomic E-state index is 0.800. The lowest BCUT2D eigenvalue weighted by molar-refractivity contribution is 0.419. The molecule has 0 aromatic heterocycles. The van der Waals surface area contributed by atoms with Crippen LogP contribution in [0.25, 0.3) is 10.8 Å². The Balaban J connectivity index is 1.93. The van der Waals surface area contributed by atoms with Gasteiger partial charge in [-0.25, -0.2) is 0 Å². The van der Waals surface area contributed by atoms with Gasteiger partial charge >= 0.3 is 0 Å². The molecule has 0 saturated carbocycles. The molecule has 2 heteroatoms. The zero-order valence-electron chi connectivity index (χ0n) is 13.3. The van der Waals surface area contributed by atoms with Crippen molar-refractivity contribution in [2.24, 2.45) is 0 Å². The predicted octanol–water partition coefficient (Wildman–Crippen LogP) is 5.08. The van der Waals surface area contributed by atoms with Crippen molar-refractivity contribution in [1.82, 2.24) is 0 Å². The molecule has 0 amide bonds. The Morgan fingerprint density at radius 3 is 2.45 bits per heavy atom. The molecule has 3 rings (SSSR count). The van der Waals surface area contributed by atoms with E-state index in [1.165, 1.54) is 27.8 Å². The second-order valence-electron chi connectivity index (χ2n) is 5.64. The van der Waals surface area contributed by atoms with Crippen LogP contribution in [0.1, 0.15) is 16.7 Å². The number of nitrogens with one attached hydrogen (secondary N) is 1. The van der Waals surface area contributed by atoms with Gasteiger partial charge < -0.3 is 10.1 Å². The van der Waals surface area contributed by atoms with Crippen molar-refractivity contribution < 1.29 is 4.74 Å². The highest BCUT2D eigenvalue weighted by Crippen LogP contribution is 2.29. The largest absolute Gasteiger partial charge is 0.496 e. The number of rotatable bonds is 4. The molecule has 3 aromatic rings. The number of benzene rings is 3. The first-order valence-electron chi connectivity index (χ1n) is 7.55. The van der Waals surface area contributed by atoms with Crippen molar-refractivity contribution in [2.45, 2.75) is 20.4 Å². The Bertz CT molecular complexity index is 808. The molecule has 0 saturated heterocycles. The van der Waals surface area contributed by atoms with Gasteiger partial charge in [-0.3, -0.25) is 0 Å². The summed E-state index contributed by atoms with van der Waals surface area (Å²) in [5, 5.41) is 5.95. The van der Waals surface area contributed by atoms with E-state index >= 15 is 0 Å². The average molecular weight is 291 g/mol. The maximum Gasteiger partial charge on any atom is 0.126 e. The third-order valence-electron chi connectivity index (χ3n) is 4.06. The predicted molar refractivity (Wildman–Crippen MR) is 93.7 cm³/mol. The van der Waals surface area contributed by atoms with Crippen molar-refractivity contribution in [3.63, 3.8) is 0 Å². The molecular formula is C20H21NO. The fraction of sp³-hybridized carbons (Fsp3) is 0.200. The highest BCUT2D eigenvalue weighted by molar-refractivity contribution is 5.91. The number of ether oxygens (including phenoxy) is 1. The molecule has 0 atom stereocenters.